The van der Waals surface area contributed by atoms with Crippen molar-refractivity contribution < 1.29 is 4.79 Å². The van der Waals surface area contributed by atoms with Gasteiger partial charge in [-0.15, -0.1) is 5.10 Å². The van der Waals surface area contributed by atoms with Crippen LogP contribution >= 0.6 is 23.4 Å². The van der Waals surface area contributed by atoms with Crippen molar-refractivity contribution in [3.63, 3.8) is 0 Å². The molecule has 0 aliphatic carbocycles. The maximum Gasteiger partial charge on any atom is 0.237 e. The Morgan fingerprint density at radius 2 is 1.92 bits per heavy atom. The van der Waals surface area contributed by atoms with Gasteiger partial charge >= 0.3 is 0 Å². The molecule has 0 fully saturated rings. The van der Waals surface area contributed by atoms with Gasteiger partial charge in [-0.2, -0.15) is 4.68 Å². The maximum absolute atomic E-state index is 12.4. The van der Waals surface area contributed by atoms with Crippen molar-refractivity contribution in [1.29, 1.82) is 0 Å². The molecule has 1 aromatic heterocycles. The van der Waals surface area contributed by atoms with Gasteiger partial charge in [0.25, 0.3) is 0 Å². The second-order valence-corrected chi connectivity index (χ2v) is 7.10. The number of carbonyl (C=O) groups is 1. The number of tetrazole rings is 1. The van der Waals surface area contributed by atoms with Crippen LogP contribution in [-0.2, 0) is 4.79 Å². The van der Waals surface area contributed by atoms with E-state index in [0.717, 1.165) is 11.3 Å². The molecule has 0 aliphatic rings. The molecule has 3 aromatic rings. The van der Waals surface area contributed by atoms with Crippen molar-refractivity contribution in [3.8, 4) is 5.69 Å². The number of nitrogens with zero attached hydrogens (tertiary/aromatic N) is 4. The minimum atomic E-state index is -0.398. The van der Waals surface area contributed by atoms with Gasteiger partial charge in [0.05, 0.1) is 21.6 Å². The highest BCUT2D eigenvalue weighted by Gasteiger charge is 2.20. The highest BCUT2D eigenvalue weighted by molar-refractivity contribution is 8.00. The van der Waals surface area contributed by atoms with Crippen LogP contribution in [0.1, 0.15) is 12.5 Å². The summed E-state index contributed by atoms with van der Waals surface area (Å²) in [4.78, 5) is 12.4. The fraction of sp³-hybridized carbons (Fsp3) is 0.176. The second kappa shape index (κ2) is 7.67. The average molecular weight is 374 g/mol. The van der Waals surface area contributed by atoms with E-state index >= 15 is 0 Å². The quantitative estimate of drug-likeness (QED) is 0.689. The van der Waals surface area contributed by atoms with Crippen LogP contribution in [0.25, 0.3) is 5.69 Å². The van der Waals surface area contributed by atoms with E-state index in [4.69, 9.17) is 11.6 Å². The van der Waals surface area contributed by atoms with Crippen LogP contribution in [0.5, 0.6) is 0 Å². The Labute approximate surface area is 154 Å². The summed E-state index contributed by atoms with van der Waals surface area (Å²) in [5.74, 6) is -0.169. The van der Waals surface area contributed by atoms with Crippen LogP contribution in [0.15, 0.2) is 53.7 Å². The summed E-state index contributed by atoms with van der Waals surface area (Å²) < 4.78 is 1.64. The van der Waals surface area contributed by atoms with E-state index in [-0.39, 0.29) is 5.91 Å². The lowest BCUT2D eigenvalue weighted by Gasteiger charge is -2.13. The summed E-state index contributed by atoms with van der Waals surface area (Å²) in [5, 5.41) is 15.3. The van der Waals surface area contributed by atoms with Crippen molar-refractivity contribution >= 4 is 35.0 Å². The largest absolute Gasteiger partial charge is 0.324 e. The highest BCUT2D eigenvalue weighted by Crippen LogP contribution is 2.26. The maximum atomic E-state index is 12.4. The molecule has 2 aromatic carbocycles. The van der Waals surface area contributed by atoms with Gasteiger partial charge in [0.15, 0.2) is 0 Å². The molecule has 1 unspecified atom stereocenters. The van der Waals surface area contributed by atoms with Gasteiger partial charge in [-0.3, -0.25) is 4.79 Å². The Bertz CT molecular complexity index is 898. The summed E-state index contributed by atoms with van der Waals surface area (Å²) in [6, 6.07) is 14.9. The standard InChI is InChI=1S/C17H16ClN5OS/c1-11-7-3-6-10-15(11)23-17(20-21-22-23)25-12(2)16(24)19-14-9-5-4-8-13(14)18/h3-10,12H,1-2H3,(H,19,24). The number of amides is 1. The van der Waals surface area contributed by atoms with E-state index in [2.05, 4.69) is 20.8 Å². The molecule has 128 valence electrons. The molecular weight excluding hydrogens is 358 g/mol. The van der Waals surface area contributed by atoms with E-state index in [9.17, 15) is 4.79 Å². The Balaban J connectivity index is 1.75. The summed E-state index contributed by atoms with van der Waals surface area (Å²) in [6.45, 7) is 3.78. The second-order valence-electron chi connectivity index (χ2n) is 5.39. The molecule has 0 radical (unpaired) electrons. The smallest absolute Gasteiger partial charge is 0.237 e. The van der Waals surface area contributed by atoms with Crippen LogP contribution in [0.3, 0.4) is 0 Å². The summed E-state index contributed by atoms with van der Waals surface area (Å²) in [6.07, 6.45) is 0. The van der Waals surface area contributed by atoms with E-state index in [1.54, 1.807) is 23.7 Å². The van der Waals surface area contributed by atoms with Gasteiger partial charge in [0.1, 0.15) is 0 Å². The van der Waals surface area contributed by atoms with Gasteiger partial charge in [-0.25, -0.2) is 0 Å². The molecule has 0 saturated heterocycles. The first kappa shape index (κ1) is 17.4. The molecule has 8 heteroatoms. The zero-order valence-corrected chi connectivity index (χ0v) is 15.3. The molecule has 1 atom stereocenters. The minimum Gasteiger partial charge on any atom is -0.324 e. The van der Waals surface area contributed by atoms with Crippen molar-refractivity contribution in [2.24, 2.45) is 0 Å². The molecule has 0 spiro atoms. The SMILES string of the molecule is Cc1ccccc1-n1nnnc1SC(C)C(=O)Nc1ccccc1Cl. The summed E-state index contributed by atoms with van der Waals surface area (Å²) >= 11 is 7.37. The van der Waals surface area contributed by atoms with Crippen molar-refractivity contribution in [3.05, 3.63) is 59.1 Å². The number of para-hydroxylation sites is 2. The number of halogens is 1. The van der Waals surface area contributed by atoms with Crippen LogP contribution in [0, 0.1) is 6.92 Å². The average Bonchev–Trinajstić information content (AvgIpc) is 3.05. The lowest BCUT2D eigenvalue weighted by molar-refractivity contribution is -0.115. The molecule has 3 rings (SSSR count). The number of benzene rings is 2. The number of carbonyl (C=O) groups excluding carboxylic acids is 1. The predicted molar refractivity (Wildman–Crippen MR) is 99.3 cm³/mol. The predicted octanol–water partition coefficient (Wildman–Crippen LogP) is 3.74. The molecule has 1 N–H and O–H groups in total. The minimum absolute atomic E-state index is 0.169. The third kappa shape index (κ3) is 4.00. The number of hydrogen-bond acceptors (Lipinski definition) is 5. The third-order valence-electron chi connectivity index (χ3n) is 3.57. The summed E-state index contributed by atoms with van der Waals surface area (Å²) in [7, 11) is 0. The number of anilines is 1. The molecule has 25 heavy (non-hydrogen) atoms. The molecule has 6 nitrogen and oxygen atoms in total. The topological polar surface area (TPSA) is 72.7 Å². The van der Waals surface area contributed by atoms with E-state index in [1.165, 1.54) is 11.8 Å². The van der Waals surface area contributed by atoms with Crippen molar-refractivity contribution in [2.75, 3.05) is 5.32 Å². The molecule has 0 saturated carbocycles. The number of aryl methyl sites for hydroxylation is 1. The van der Waals surface area contributed by atoms with Crippen LogP contribution in [0.2, 0.25) is 5.02 Å². The third-order valence-corrected chi connectivity index (χ3v) is 4.93. The number of hydrogen-bond donors (Lipinski definition) is 1. The van der Waals surface area contributed by atoms with Crippen LogP contribution in [0.4, 0.5) is 5.69 Å². The van der Waals surface area contributed by atoms with E-state index < -0.39 is 5.25 Å². The Kier molecular flexibility index (Phi) is 5.35. The zero-order valence-electron chi connectivity index (χ0n) is 13.7. The molecule has 0 bridgehead atoms. The first-order valence-corrected chi connectivity index (χ1v) is 8.88. The monoisotopic (exact) mass is 373 g/mol. The number of rotatable bonds is 5. The Morgan fingerprint density at radius 1 is 1.20 bits per heavy atom. The first-order valence-electron chi connectivity index (χ1n) is 7.62. The van der Waals surface area contributed by atoms with Gasteiger partial charge in [-0.1, -0.05) is 53.7 Å². The highest BCUT2D eigenvalue weighted by atomic mass is 35.5. The number of thioether (sulfide) groups is 1. The van der Waals surface area contributed by atoms with E-state index in [0.29, 0.717) is 15.9 Å². The summed E-state index contributed by atoms with van der Waals surface area (Å²) in [5.41, 5.74) is 2.51. The van der Waals surface area contributed by atoms with Crippen molar-refractivity contribution in [2.45, 2.75) is 24.3 Å². The fourth-order valence-corrected chi connectivity index (χ4v) is 3.20. The Hall–Kier alpha value is -2.38. The molecule has 1 heterocycles. The lowest BCUT2D eigenvalue weighted by atomic mass is 10.2. The van der Waals surface area contributed by atoms with E-state index in [1.807, 2.05) is 43.3 Å². The van der Waals surface area contributed by atoms with Gasteiger partial charge in [-0.05, 0) is 48.0 Å². The van der Waals surface area contributed by atoms with Gasteiger partial charge in [0, 0.05) is 0 Å². The lowest BCUT2D eigenvalue weighted by Crippen LogP contribution is -2.23. The van der Waals surface area contributed by atoms with Crippen LogP contribution in [-0.4, -0.2) is 31.4 Å². The number of nitrogens with one attached hydrogen (secondary N) is 1. The number of aromatic nitrogens is 4. The zero-order chi connectivity index (χ0) is 17.8. The molecule has 1 amide bonds. The van der Waals surface area contributed by atoms with Gasteiger partial charge < -0.3 is 5.32 Å². The first-order chi connectivity index (χ1) is 12.1. The molecule has 0 aliphatic heterocycles. The Morgan fingerprint density at radius 3 is 2.68 bits per heavy atom. The van der Waals surface area contributed by atoms with Crippen LogP contribution < -0.4 is 5.32 Å². The fourth-order valence-electron chi connectivity index (χ4n) is 2.21. The normalized spacial score (nSPS) is 12.0. The molecular formula is C17H16ClN5OS. The van der Waals surface area contributed by atoms with Crippen molar-refractivity contribution in [1.82, 2.24) is 20.2 Å². The van der Waals surface area contributed by atoms with Gasteiger partial charge in [0.2, 0.25) is 11.1 Å².